The Morgan fingerprint density at radius 3 is 2.93 bits per heavy atom. The molecule has 80 valence electrons. The molecule has 0 aliphatic heterocycles. The highest BCUT2D eigenvalue weighted by molar-refractivity contribution is 4.78. The fraction of sp³-hybridized carbons (Fsp3) is 0.727. The zero-order valence-electron chi connectivity index (χ0n) is 9.24. The third-order valence-electron chi connectivity index (χ3n) is 2.44. The van der Waals surface area contributed by atoms with Gasteiger partial charge in [0.2, 0.25) is 0 Å². The van der Waals surface area contributed by atoms with Gasteiger partial charge in [0.15, 0.2) is 0 Å². The van der Waals surface area contributed by atoms with E-state index < -0.39 is 0 Å². The van der Waals surface area contributed by atoms with Crippen molar-refractivity contribution in [2.75, 3.05) is 13.1 Å². The Hall–Kier alpha value is -0.830. The third kappa shape index (κ3) is 3.92. The van der Waals surface area contributed by atoms with Crippen molar-refractivity contribution >= 4 is 0 Å². The molecule has 0 aromatic carbocycles. The van der Waals surface area contributed by atoms with E-state index in [2.05, 4.69) is 28.7 Å². The molecule has 0 spiro atoms. The zero-order valence-corrected chi connectivity index (χ0v) is 9.24. The third-order valence-corrected chi connectivity index (χ3v) is 2.44. The minimum atomic E-state index is 0.570. The van der Waals surface area contributed by atoms with Gasteiger partial charge in [0.25, 0.3) is 0 Å². The summed E-state index contributed by atoms with van der Waals surface area (Å²) in [4.78, 5) is 4.05. The summed E-state index contributed by atoms with van der Waals surface area (Å²) in [7, 11) is 0. The lowest BCUT2D eigenvalue weighted by atomic mass is 10.2. The lowest BCUT2D eigenvalue weighted by Gasteiger charge is -2.12. The summed E-state index contributed by atoms with van der Waals surface area (Å²) in [5.74, 6) is 0. The average Bonchev–Trinajstić information content (AvgIpc) is 2.70. The van der Waals surface area contributed by atoms with E-state index in [0.717, 1.165) is 13.1 Å². The maximum atomic E-state index is 4.05. The predicted octanol–water partition coefficient (Wildman–Crippen LogP) is 2.22. The second-order valence-corrected chi connectivity index (χ2v) is 3.75. The van der Waals surface area contributed by atoms with Gasteiger partial charge in [0, 0.05) is 18.4 Å². The molecule has 1 atom stereocenters. The Bertz CT molecular complexity index is 218. The lowest BCUT2D eigenvalue weighted by molar-refractivity contribution is 0.475. The van der Waals surface area contributed by atoms with Crippen LogP contribution in [-0.4, -0.2) is 22.6 Å². The van der Waals surface area contributed by atoms with Crippen molar-refractivity contribution < 1.29 is 0 Å². The molecule has 0 saturated carbocycles. The van der Waals surface area contributed by atoms with Crippen LogP contribution in [0.4, 0.5) is 0 Å². The topological polar surface area (TPSA) is 29.9 Å². The van der Waals surface area contributed by atoms with Crippen molar-refractivity contribution in [3.8, 4) is 0 Å². The molecule has 1 N–H and O–H groups in total. The van der Waals surface area contributed by atoms with Crippen molar-refractivity contribution in [3.05, 3.63) is 18.7 Å². The number of aromatic nitrogens is 2. The predicted molar refractivity (Wildman–Crippen MR) is 59.3 cm³/mol. The van der Waals surface area contributed by atoms with Crippen LogP contribution in [0.3, 0.4) is 0 Å². The van der Waals surface area contributed by atoms with Crippen LogP contribution >= 0.6 is 0 Å². The van der Waals surface area contributed by atoms with Gasteiger partial charge in [-0.2, -0.15) is 0 Å². The van der Waals surface area contributed by atoms with Crippen LogP contribution in [0, 0.1) is 0 Å². The normalized spacial score (nSPS) is 13.0. The largest absolute Gasteiger partial charge is 0.335 e. The quantitative estimate of drug-likeness (QED) is 0.676. The zero-order chi connectivity index (χ0) is 10.2. The smallest absolute Gasteiger partial charge is 0.0948 e. The first kappa shape index (κ1) is 11.2. The second kappa shape index (κ2) is 6.60. The van der Waals surface area contributed by atoms with E-state index in [1.807, 2.05) is 18.7 Å². The molecule has 1 rings (SSSR count). The van der Waals surface area contributed by atoms with E-state index in [9.17, 15) is 0 Å². The first-order chi connectivity index (χ1) is 6.84. The number of hydrogen-bond donors (Lipinski definition) is 1. The molecule has 1 unspecified atom stereocenters. The van der Waals surface area contributed by atoms with Gasteiger partial charge in [0.1, 0.15) is 0 Å². The molecule has 3 nitrogen and oxygen atoms in total. The summed E-state index contributed by atoms with van der Waals surface area (Å²) in [6, 6.07) is 0.570. The molecule has 3 heteroatoms. The fourth-order valence-corrected chi connectivity index (χ4v) is 1.50. The molecule has 0 radical (unpaired) electrons. The van der Waals surface area contributed by atoms with E-state index in [1.54, 1.807) is 0 Å². The number of hydrogen-bond acceptors (Lipinski definition) is 2. The van der Waals surface area contributed by atoms with Crippen LogP contribution in [0.15, 0.2) is 18.7 Å². The second-order valence-electron chi connectivity index (χ2n) is 3.75. The van der Waals surface area contributed by atoms with Crippen molar-refractivity contribution in [1.29, 1.82) is 0 Å². The number of nitrogens with zero attached hydrogens (tertiary/aromatic N) is 2. The average molecular weight is 195 g/mol. The van der Waals surface area contributed by atoms with Crippen LogP contribution in [0.1, 0.15) is 39.2 Å². The van der Waals surface area contributed by atoms with Gasteiger partial charge in [-0.1, -0.05) is 6.92 Å². The Morgan fingerprint density at radius 1 is 1.43 bits per heavy atom. The Morgan fingerprint density at radius 2 is 2.29 bits per heavy atom. The highest BCUT2D eigenvalue weighted by Gasteiger charge is 2.01. The molecule has 0 aliphatic rings. The van der Waals surface area contributed by atoms with Crippen LogP contribution in [0.5, 0.6) is 0 Å². The van der Waals surface area contributed by atoms with Crippen molar-refractivity contribution in [2.24, 2.45) is 0 Å². The fourth-order valence-electron chi connectivity index (χ4n) is 1.50. The van der Waals surface area contributed by atoms with Gasteiger partial charge >= 0.3 is 0 Å². The standard InChI is InChI=1S/C11H21N3/c1-3-6-12-7-4-5-11(2)14-9-8-13-10-14/h8-12H,3-7H2,1-2H3. The molecule has 14 heavy (non-hydrogen) atoms. The molecule has 0 fully saturated rings. The molecule has 0 saturated heterocycles. The van der Waals surface area contributed by atoms with Crippen molar-refractivity contribution in [3.63, 3.8) is 0 Å². The van der Waals surface area contributed by atoms with E-state index in [0.29, 0.717) is 6.04 Å². The lowest BCUT2D eigenvalue weighted by Crippen LogP contribution is -2.17. The summed E-state index contributed by atoms with van der Waals surface area (Å²) >= 11 is 0. The molecular formula is C11H21N3. The summed E-state index contributed by atoms with van der Waals surface area (Å²) in [6.07, 6.45) is 9.43. The molecule has 1 aromatic rings. The van der Waals surface area contributed by atoms with Gasteiger partial charge in [0.05, 0.1) is 6.33 Å². The van der Waals surface area contributed by atoms with Crippen molar-refractivity contribution in [2.45, 2.75) is 39.2 Å². The minimum absolute atomic E-state index is 0.570. The monoisotopic (exact) mass is 195 g/mol. The van der Waals surface area contributed by atoms with Gasteiger partial charge in [-0.25, -0.2) is 4.98 Å². The van der Waals surface area contributed by atoms with Gasteiger partial charge < -0.3 is 9.88 Å². The molecule has 0 aliphatic carbocycles. The summed E-state index contributed by atoms with van der Waals surface area (Å²) in [6.45, 7) is 6.70. The van der Waals surface area contributed by atoms with Crippen molar-refractivity contribution in [1.82, 2.24) is 14.9 Å². The molecule has 0 amide bonds. The van der Waals surface area contributed by atoms with E-state index in [1.165, 1.54) is 19.3 Å². The number of rotatable bonds is 7. The Labute approximate surface area is 86.5 Å². The van der Waals surface area contributed by atoms with Gasteiger partial charge in [-0.3, -0.25) is 0 Å². The minimum Gasteiger partial charge on any atom is -0.335 e. The Kier molecular flexibility index (Phi) is 5.30. The van der Waals surface area contributed by atoms with Crippen LogP contribution in [-0.2, 0) is 0 Å². The van der Waals surface area contributed by atoms with Gasteiger partial charge in [-0.15, -0.1) is 0 Å². The summed E-state index contributed by atoms with van der Waals surface area (Å²) in [5, 5.41) is 3.41. The molecule has 1 aromatic heterocycles. The van der Waals surface area contributed by atoms with E-state index in [4.69, 9.17) is 0 Å². The number of imidazole rings is 1. The van der Waals surface area contributed by atoms with Crippen LogP contribution in [0.25, 0.3) is 0 Å². The maximum Gasteiger partial charge on any atom is 0.0948 e. The molecular weight excluding hydrogens is 174 g/mol. The highest BCUT2D eigenvalue weighted by atomic mass is 15.0. The first-order valence-corrected chi connectivity index (χ1v) is 5.52. The number of nitrogens with one attached hydrogen (secondary N) is 1. The van der Waals surface area contributed by atoms with Crippen LogP contribution in [0.2, 0.25) is 0 Å². The summed E-state index contributed by atoms with van der Waals surface area (Å²) < 4.78 is 2.17. The van der Waals surface area contributed by atoms with E-state index in [-0.39, 0.29) is 0 Å². The molecule has 0 bridgehead atoms. The molecule has 1 heterocycles. The maximum absolute atomic E-state index is 4.05. The van der Waals surface area contributed by atoms with E-state index >= 15 is 0 Å². The highest BCUT2D eigenvalue weighted by Crippen LogP contribution is 2.11. The van der Waals surface area contributed by atoms with Crippen LogP contribution < -0.4 is 5.32 Å². The Balaban J connectivity index is 2.07. The first-order valence-electron chi connectivity index (χ1n) is 5.52. The SMILES string of the molecule is CCCNCCCC(C)n1ccnc1. The summed E-state index contributed by atoms with van der Waals surface area (Å²) in [5.41, 5.74) is 0. The van der Waals surface area contributed by atoms with Gasteiger partial charge in [-0.05, 0) is 39.3 Å².